The number of benzene rings is 2. The lowest BCUT2D eigenvalue weighted by molar-refractivity contribution is 0.340. The molecule has 7 nitrogen and oxygen atoms in total. The van der Waals surface area contributed by atoms with Crippen molar-refractivity contribution in [1.29, 1.82) is 0 Å². The number of hydrogen-bond donors (Lipinski definition) is 2. The van der Waals surface area contributed by atoms with Gasteiger partial charge in [-0.25, -0.2) is 21.6 Å². The predicted molar refractivity (Wildman–Crippen MR) is 95.7 cm³/mol. The molecular formula is C16H20N2O5S2. The highest BCUT2D eigenvalue weighted by Gasteiger charge is 2.16. The first-order valence-electron chi connectivity index (χ1n) is 7.64. The van der Waals surface area contributed by atoms with Crippen LogP contribution in [0, 0.1) is 0 Å². The highest BCUT2D eigenvalue weighted by Crippen LogP contribution is 2.20. The van der Waals surface area contributed by atoms with Crippen molar-refractivity contribution >= 4 is 25.7 Å². The second kappa shape index (κ2) is 7.85. The first-order valence-corrected chi connectivity index (χ1v) is 10.6. The molecule has 136 valence electrons. The third kappa shape index (κ3) is 4.94. The number of sulfonamides is 2. The zero-order chi connectivity index (χ0) is 18.5. The van der Waals surface area contributed by atoms with E-state index in [2.05, 4.69) is 9.44 Å². The minimum Gasteiger partial charge on any atom is -0.494 e. The van der Waals surface area contributed by atoms with E-state index < -0.39 is 20.0 Å². The van der Waals surface area contributed by atoms with Crippen molar-refractivity contribution in [2.45, 2.75) is 23.6 Å². The van der Waals surface area contributed by atoms with Crippen LogP contribution in [0.3, 0.4) is 0 Å². The number of nitrogens with one attached hydrogen (secondary N) is 2. The molecule has 2 aromatic rings. The fourth-order valence-corrected chi connectivity index (χ4v) is 4.17. The van der Waals surface area contributed by atoms with Crippen LogP contribution in [0.4, 0.5) is 5.69 Å². The molecule has 0 heterocycles. The van der Waals surface area contributed by atoms with Crippen molar-refractivity contribution in [3.63, 3.8) is 0 Å². The zero-order valence-electron chi connectivity index (χ0n) is 13.9. The lowest BCUT2D eigenvalue weighted by Crippen LogP contribution is -2.23. The molecule has 0 bridgehead atoms. The summed E-state index contributed by atoms with van der Waals surface area (Å²) in [6, 6.07) is 11.5. The molecule has 0 amide bonds. The van der Waals surface area contributed by atoms with Crippen LogP contribution in [-0.2, 0) is 20.0 Å². The van der Waals surface area contributed by atoms with Crippen molar-refractivity contribution in [3.8, 4) is 5.75 Å². The maximum absolute atomic E-state index is 12.4. The third-order valence-corrected chi connectivity index (χ3v) is 6.15. The van der Waals surface area contributed by atoms with Crippen LogP contribution in [0.5, 0.6) is 5.75 Å². The van der Waals surface area contributed by atoms with Crippen molar-refractivity contribution in [2.75, 3.05) is 17.9 Å². The average Bonchev–Trinajstić information content (AvgIpc) is 2.56. The molecule has 9 heteroatoms. The summed E-state index contributed by atoms with van der Waals surface area (Å²) >= 11 is 0. The normalized spacial score (nSPS) is 11.9. The van der Waals surface area contributed by atoms with Crippen molar-refractivity contribution in [3.05, 3.63) is 48.5 Å². The number of hydrogen-bond acceptors (Lipinski definition) is 5. The van der Waals surface area contributed by atoms with Crippen LogP contribution >= 0.6 is 0 Å². The van der Waals surface area contributed by atoms with Crippen molar-refractivity contribution in [1.82, 2.24) is 4.72 Å². The van der Waals surface area contributed by atoms with Gasteiger partial charge in [0.15, 0.2) is 0 Å². The first kappa shape index (κ1) is 19.2. The van der Waals surface area contributed by atoms with Gasteiger partial charge in [-0.2, -0.15) is 0 Å². The summed E-state index contributed by atoms with van der Waals surface area (Å²) < 4.78 is 58.6. The molecule has 0 fully saturated rings. The Bertz CT molecular complexity index is 906. The summed E-state index contributed by atoms with van der Waals surface area (Å²) in [5.74, 6) is 0.583. The molecule has 0 radical (unpaired) electrons. The lowest BCUT2D eigenvalue weighted by Gasteiger charge is -2.10. The SMILES string of the molecule is CCNS(=O)(=O)c1ccc(NS(=O)(=O)c2ccc(OCC)cc2)cc1. The van der Waals surface area contributed by atoms with Crippen LogP contribution in [0.2, 0.25) is 0 Å². The van der Waals surface area contributed by atoms with E-state index in [1.54, 1.807) is 19.1 Å². The number of anilines is 1. The minimum absolute atomic E-state index is 0.0679. The largest absolute Gasteiger partial charge is 0.494 e. The van der Waals surface area contributed by atoms with Gasteiger partial charge < -0.3 is 4.74 Å². The summed E-state index contributed by atoms with van der Waals surface area (Å²) in [6.07, 6.45) is 0. The molecule has 0 atom stereocenters. The predicted octanol–water partition coefficient (Wildman–Crippen LogP) is 2.18. The molecule has 0 aromatic heterocycles. The Balaban J connectivity index is 2.17. The monoisotopic (exact) mass is 384 g/mol. The van der Waals surface area contributed by atoms with E-state index in [1.165, 1.54) is 36.4 Å². The minimum atomic E-state index is -3.77. The maximum atomic E-state index is 12.4. The van der Waals surface area contributed by atoms with Crippen LogP contribution in [0.1, 0.15) is 13.8 Å². The van der Waals surface area contributed by atoms with E-state index >= 15 is 0 Å². The summed E-state index contributed by atoms with van der Waals surface area (Å²) in [5.41, 5.74) is 0.268. The molecule has 0 aliphatic carbocycles. The van der Waals surface area contributed by atoms with Gasteiger partial charge in [0.05, 0.1) is 16.4 Å². The Morgan fingerprint density at radius 3 is 1.84 bits per heavy atom. The fraction of sp³-hybridized carbons (Fsp3) is 0.250. The lowest BCUT2D eigenvalue weighted by atomic mass is 10.3. The van der Waals surface area contributed by atoms with Crippen LogP contribution < -0.4 is 14.2 Å². The Morgan fingerprint density at radius 2 is 1.32 bits per heavy atom. The Labute approximate surface area is 148 Å². The molecular weight excluding hydrogens is 364 g/mol. The van der Waals surface area contributed by atoms with Gasteiger partial charge in [-0.3, -0.25) is 4.72 Å². The highest BCUT2D eigenvalue weighted by atomic mass is 32.2. The summed E-state index contributed by atoms with van der Waals surface area (Å²) in [4.78, 5) is 0.152. The summed E-state index contributed by atoms with van der Waals surface area (Å²) in [5, 5.41) is 0. The highest BCUT2D eigenvalue weighted by molar-refractivity contribution is 7.92. The second-order valence-electron chi connectivity index (χ2n) is 5.04. The van der Waals surface area contributed by atoms with Gasteiger partial charge >= 0.3 is 0 Å². The van der Waals surface area contributed by atoms with Gasteiger partial charge in [-0.05, 0) is 55.5 Å². The Hall–Kier alpha value is -2.10. The molecule has 0 spiro atoms. The number of ether oxygens (including phenoxy) is 1. The number of rotatable bonds is 8. The molecule has 0 saturated heterocycles. The zero-order valence-corrected chi connectivity index (χ0v) is 15.5. The third-order valence-electron chi connectivity index (χ3n) is 3.20. The smallest absolute Gasteiger partial charge is 0.261 e. The average molecular weight is 384 g/mol. The summed E-state index contributed by atoms with van der Waals surface area (Å²) in [7, 11) is -7.35. The van der Waals surface area contributed by atoms with Crippen molar-refractivity contribution in [2.24, 2.45) is 0 Å². The molecule has 2 rings (SSSR count). The molecule has 0 unspecified atom stereocenters. The fourth-order valence-electron chi connectivity index (χ4n) is 2.07. The molecule has 2 N–H and O–H groups in total. The van der Waals surface area contributed by atoms with Gasteiger partial charge in [0.2, 0.25) is 10.0 Å². The Kier molecular flexibility index (Phi) is 6.04. The van der Waals surface area contributed by atoms with E-state index in [9.17, 15) is 16.8 Å². The Morgan fingerprint density at radius 1 is 0.800 bits per heavy atom. The van der Waals surface area contributed by atoms with E-state index in [0.717, 1.165) is 0 Å². The van der Waals surface area contributed by atoms with E-state index in [-0.39, 0.29) is 22.0 Å². The molecule has 2 aromatic carbocycles. The van der Waals surface area contributed by atoms with Crippen LogP contribution in [0.25, 0.3) is 0 Å². The standard InChI is InChI=1S/C16H20N2O5S2/c1-3-17-24(19,20)15-9-5-13(6-10-15)18-25(21,22)16-11-7-14(8-12-16)23-4-2/h5-12,17-18H,3-4H2,1-2H3. The van der Waals surface area contributed by atoms with E-state index in [0.29, 0.717) is 12.4 Å². The van der Waals surface area contributed by atoms with Crippen LogP contribution in [0.15, 0.2) is 58.3 Å². The molecule has 0 aliphatic heterocycles. The maximum Gasteiger partial charge on any atom is 0.261 e. The quantitative estimate of drug-likeness (QED) is 0.726. The van der Waals surface area contributed by atoms with Gasteiger partial charge in [-0.1, -0.05) is 6.92 Å². The molecule has 0 aliphatic rings. The first-order chi connectivity index (χ1) is 11.8. The molecule has 0 saturated carbocycles. The van der Waals surface area contributed by atoms with Gasteiger partial charge in [0.1, 0.15) is 5.75 Å². The van der Waals surface area contributed by atoms with Gasteiger partial charge in [-0.15, -0.1) is 0 Å². The summed E-state index contributed by atoms with van der Waals surface area (Å²) in [6.45, 7) is 4.28. The molecule has 25 heavy (non-hydrogen) atoms. The van der Waals surface area contributed by atoms with Crippen molar-refractivity contribution < 1.29 is 21.6 Å². The van der Waals surface area contributed by atoms with E-state index in [1.807, 2.05) is 6.92 Å². The van der Waals surface area contributed by atoms with Gasteiger partial charge in [0, 0.05) is 12.2 Å². The van der Waals surface area contributed by atoms with Gasteiger partial charge in [0.25, 0.3) is 10.0 Å². The van der Waals surface area contributed by atoms with E-state index in [4.69, 9.17) is 4.74 Å². The topological polar surface area (TPSA) is 102 Å². The van der Waals surface area contributed by atoms with Crippen LogP contribution in [-0.4, -0.2) is 30.0 Å². The second-order valence-corrected chi connectivity index (χ2v) is 8.48.